The highest BCUT2D eigenvalue weighted by atomic mass is 14.9. The normalized spacial score (nSPS) is 12.7. The maximum atomic E-state index is 3.63. The number of hydrogen-bond acceptors (Lipinski definition) is 1. The third-order valence-corrected chi connectivity index (χ3v) is 4.12. The fourth-order valence-corrected chi connectivity index (χ4v) is 2.89. The molecule has 1 N–H and O–H groups in total. The van der Waals surface area contributed by atoms with E-state index in [0.717, 1.165) is 6.54 Å². The van der Waals surface area contributed by atoms with Crippen molar-refractivity contribution in [3.8, 4) is 0 Å². The van der Waals surface area contributed by atoms with Gasteiger partial charge in [-0.25, -0.2) is 0 Å². The lowest BCUT2D eigenvalue weighted by atomic mass is 10.1. The van der Waals surface area contributed by atoms with Gasteiger partial charge in [0.25, 0.3) is 0 Å². The minimum atomic E-state index is 0.351. The number of rotatable bonds is 4. The molecule has 0 amide bonds. The highest BCUT2D eigenvalue weighted by molar-refractivity contribution is 5.83. The molecule has 1 heterocycles. The van der Waals surface area contributed by atoms with Gasteiger partial charge in [-0.1, -0.05) is 48.0 Å². The zero-order valence-corrected chi connectivity index (χ0v) is 12.9. The highest BCUT2D eigenvalue weighted by Crippen LogP contribution is 2.21. The van der Waals surface area contributed by atoms with E-state index in [4.69, 9.17) is 0 Å². The van der Waals surface area contributed by atoms with Crippen LogP contribution in [-0.4, -0.2) is 4.57 Å². The van der Waals surface area contributed by atoms with Gasteiger partial charge in [-0.2, -0.15) is 0 Å². The Bertz CT molecular complexity index is 755. The Balaban J connectivity index is 1.77. The molecule has 2 aromatic carbocycles. The smallest absolute Gasteiger partial charge is 0.0481 e. The van der Waals surface area contributed by atoms with E-state index in [2.05, 4.69) is 85.5 Å². The van der Waals surface area contributed by atoms with Gasteiger partial charge in [0.1, 0.15) is 0 Å². The summed E-state index contributed by atoms with van der Waals surface area (Å²) in [7, 11) is 2.11. The molecule has 3 rings (SSSR count). The second-order valence-electron chi connectivity index (χ2n) is 5.80. The molecule has 0 unspecified atom stereocenters. The number of aromatic nitrogens is 1. The van der Waals surface area contributed by atoms with E-state index in [1.807, 2.05) is 0 Å². The summed E-state index contributed by atoms with van der Waals surface area (Å²) in [5.74, 6) is 0. The van der Waals surface area contributed by atoms with Gasteiger partial charge in [-0.15, -0.1) is 0 Å². The summed E-state index contributed by atoms with van der Waals surface area (Å²) in [4.78, 5) is 0. The van der Waals surface area contributed by atoms with E-state index in [-0.39, 0.29) is 0 Å². The Morgan fingerprint density at radius 2 is 1.90 bits per heavy atom. The van der Waals surface area contributed by atoms with Gasteiger partial charge in [0, 0.05) is 36.7 Å². The third-order valence-electron chi connectivity index (χ3n) is 4.12. The predicted octanol–water partition coefficient (Wildman–Crippen LogP) is 4.34. The monoisotopic (exact) mass is 278 g/mol. The molecule has 3 aromatic rings. The van der Waals surface area contributed by atoms with Crippen LogP contribution in [0.3, 0.4) is 0 Å². The molecule has 0 bridgehead atoms. The molecule has 1 aromatic heterocycles. The van der Waals surface area contributed by atoms with Crippen LogP contribution < -0.4 is 5.32 Å². The summed E-state index contributed by atoms with van der Waals surface area (Å²) in [6, 6.07) is 17.6. The summed E-state index contributed by atoms with van der Waals surface area (Å²) in [6.07, 6.45) is 2.22. The minimum Gasteiger partial charge on any atom is -0.350 e. The fraction of sp³-hybridized carbons (Fsp3) is 0.263. The number of nitrogens with zero attached hydrogens (tertiary/aromatic N) is 1. The van der Waals surface area contributed by atoms with Gasteiger partial charge in [0.05, 0.1) is 0 Å². The molecule has 2 nitrogen and oxygen atoms in total. The summed E-state index contributed by atoms with van der Waals surface area (Å²) >= 11 is 0. The molecule has 0 aliphatic heterocycles. The van der Waals surface area contributed by atoms with Crippen LogP contribution in [0, 0.1) is 6.92 Å². The summed E-state index contributed by atoms with van der Waals surface area (Å²) < 4.78 is 2.20. The molecule has 1 atom stereocenters. The zero-order valence-electron chi connectivity index (χ0n) is 12.9. The Kier molecular flexibility index (Phi) is 3.80. The number of hydrogen-bond donors (Lipinski definition) is 1. The molecule has 0 aliphatic carbocycles. The van der Waals surface area contributed by atoms with E-state index < -0.39 is 0 Å². The number of benzene rings is 2. The first-order chi connectivity index (χ1) is 10.1. The van der Waals surface area contributed by atoms with E-state index >= 15 is 0 Å². The van der Waals surface area contributed by atoms with Crippen molar-refractivity contribution in [1.82, 2.24) is 9.88 Å². The first-order valence-corrected chi connectivity index (χ1v) is 7.48. The number of fused-ring (bicyclic) bond motifs is 1. The van der Waals surface area contributed by atoms with Crippen molar-refractivity contribution in [2.75, 3.05) is 0 Å². The standard InChI is InChI=1S/C19H22N2/c1-14-7-6-8-16(11-14)15(2)20-12-17-13-21(3)19-10-5-4-9-18(17)19/h4-11,13,15,20H,12H2,1-3H3/t15-/m0/s1. The Morgan fingerprint density at radius 1 is 1.10 bits per heavy atom. The molecule has 0 saturated carbocycles. The van der Waals surface area contributed by atoms with Crippen LogP contribution >= 0.6 is 0 Å². The number of nitrogens with one attached hydrogen (secondary N) is 1. The molecular weight excluding hydrogens is 256 g/mol. The number of aryl methyl sites for hydroxylation is 2. The molecule has 0 aliphatic rings. The highest BCUT2D eigenvalue weighted by Gasteiger charge is 2.08. The first kappa shape index (κ1) is 13.9. The molecule has 0 fully saturated rings. The van der Waals surface area contributed by atoms with Crippen LogP contribution in [0.5, 0.6) is 0 Å². The lowest BCUT2D eigenvalue weighted by Crippen LogP contribution is -2.18. The SMILES string of the molecule is Cc1cccc([C@H](C)NCc2cn(C)c3ccccc23)c1. The van der Waals surface area contributed by atoms with Crippen molar-refractivity contribution in [2.45, 2.75) is 26.4 Å². The van der Waals surface area contributed by atoms with Gasteiger partial charge < -0.3 is 9.88 Å². The van der Waals surface area contributed by atoms with Crippen LogP contribution in [0.2, 0.25) is 0 Å². The van der Waals surface area contributed by atoms with Crippen molar-refractivity contribution in [1.29, 1.82) is 0 Å². The van der Waals surface area contributed by atoms with Gasteiger partial charge in [-0.3, -0.25) is 0 Å². The fourth-order valence-electron chi connectivity index (χ4n) is 2.89. The van der Waals surface area contributed by atoms with Crippen molar-refractivity contribution in [2.24, 2.45) is 7.05 Å². The van der Waals surface area contributed by atoms with E-state index in [1.54, 1.807) is 0 Å². The van der Waals surface area contributed by atoms with Crippen LogP contribution in [0.1, 0.15) is 29.7 Å². The Labute approximate surface area is 126 Å². The van der Waals surface area contributed by atoms with Crippen LogP contribution in [-0.2, 0) is 13.6 Å². The third kappa shape index (κ3) is 2.86. The molecule has 2 heteroatoms. The lowest BCUT2D eigenvalue weighted by Gasteiger charge is -2.14. The van der Waals surface area contributed by atoms with Gasteiger partial charge >= 0.3 is 0 Å². The Morgan fingerprint density at radius 3 is 2.71 bits per heavy atom. The molecular formula is C19H22N2. The number of para-hydroxylation sites is 1. The van der Waals surface area contributed by atoms with Crippen molar-refractivity contribution >= 4 is 10.9 Å². The van der Waals surface area contributed by atoms with Crippen LogP contribution in [0.25, 0.3) is 10.9 Å². The van der Waals surface area contributed by atoms with Crippen molar-refractivity contribution in [3.05, 3.63) is 71.4 Å². The van der Waals surface area contributed by atoms with Crippen molar-refractivity contribution in [3.63, 3.8) is 0 Å². The summed E-state index contributed by atoms with van der Waals surface area (Å²) in [5.41, 5.74) is 5.30. The molecule has 0 spiro atoms. The van der Waals surface area contributed by atoms with Gasteiger partial charge in [0.15, 0.2) is 0 Å². The lowest BCUT2D eigenvalue weighted by molar-refractivity contribution is 0.575. The Hall–Kier alpha value is -2.06. The quantitative estimate of drug-likeness (QED) is 0.751. The second-order valence-corrected chi connectivity index (χ2v) is 5.80. The average Bonchev–Trinajstić information content (AvgIpc) is 2.82. The summed E-state index contributed by atoms with van der Waals surface area (Å²) in [6.45, 7) is 5.25. The minimum absolute atomic E-state index is 0.351. The maximum Gasteiger partial charge on any atom is 0.0481 e. The first-order valence-electron chi connectivity index (χ1n) is 7.48. The van der Waals surface area contributed by atoms with E-state index in [0.29, 0.717) is 6.04 Å². The molecule has 0 saturated heterocycles. The zero-order chi connectivity index (χ0) is 14.8. The van der Waals surface area contributed by atoms with E-state index in [9.17, 15) is 0 Å². The van der Waals surface area contributed by atoms with E-state index in [1.165, 1.54) is 27.6 Å². The summed E-state index contributed by atoms with van der Waals surface area (Å²) in [5, 5.41) is 4.97. The topological polar surface area (TPSA) is 17.0 Å². The van der Waals surface area contributed by atoms with Crippen LogP contribution in [0.15, 0.2) is 54.7 Å². The molecule has 21 heavy (non-hydrogen) atoms. The average molecular weight is 278 g/mol. The molecule has 108 valence electrons. The van der Waals surface area contributed by atoms with Crippen LogP contribution in [0.4, 0.5) is 0 Å². The van der Waals surface area contributed by atoms with Crippen molar-refractivity contribution < 1.29 is 0 Å². The predicted molar refractivity (Wildman–Crippen MR) is 89.4 cm³/mol. The largest absolute Gasteiger partial charge is 0.350 e. The van der Waals surface area contributed by atoms with Gasteiger partial charge in [-0.05, 0) is 31.0 Å². The van der Waals surface area contributed by atoms with Gasteiger partial charge in [0.2, 0.25) is 0 Å². The second kappa shape index (κ2) is 5.74. The maximum absolute atomic E-state index is 3.63. The molecule has 0 radical (unpaired) electrons.